The van der Waals surface area contributed by atoms with Gasteiger partial charge in [-0.15, -0.1) is 0 Å². The molecule has 1 aromatic carbocycles. The third kappa shape index (κ3) is 2.48. The lowest BCUT2D eigenvalue weighted by molar-refractivity contribution is -0.115. The Labute approximate surface area is 113 Å². The molecule has 3 rings (SSSR count). The van der Waals surface area contributed by atoms with E-state index in [1.807, 2.05) is 0 Å². The zero-order valence-electron chi connectivity index (χ0n) is 10.7. The van der Waals surface area contributed by atoms with Crippen LogP contribution in [0.5, 0.6) is 0 Å². The molecule has 4 N–H and O–H groups in total. The fourth-order valence-electron chi connectivity index (χ4n) is 2.05. The Bertz CT molecular complexity index is 773. The van der Waals surface area contributed by atoms with E-state index in [2.05, 4.69) is 20.8 Å². The van der Waals surface area contributed by atoms with E-state index in [1.165, 1.54) is 0 Å². The number of anilines is 1. The molecule has 1 heterocycles. The van der Waals surface area contributed by atoms with Crippen LogP contribution in [0.15, 0.2) is 27.8 Å². The standard InChI is InChI=1S/C13H14N4O3/c18-10(6-14-7-4-5-7)15-9-3-1-2-8-11(9)13(20)17-16-12(8)19/h1-3,7,14H,4-6H2,(H,15,18)(H,16,19)(H,17,20). The average molecular weight is 274 g/mol. The van der Waals surface area contributed by atoms with Crippen LogP contribution in [0.25, 0.3) is 10.8 Å². The molecule has 104 valence electrons. The Kier molecular flexibility index (Phi) is 3.11. The van der Waals surface area contributed by atoms with Gasteiger partial charge in [-0.05, 0) is 25.0 Å². The highest BCUT2D eigenvalue weighted by Crippen LogP contribution is 2.19. The van der Waals surface area contributed by atoms with Crippen LogP contribution in [0.2, 0.25) is 0 Å². The van der Waals surface area contributed by atoms with Crippen molar-refractivity contribution in [2.24, 2.45) is 0 Å². The number of rotatable bonds is 4. The summed E-state index contributed by atoms with van der Waals surface area (Å²) >= 11 is 0. The van der Waals surface area contributed by atoms with E-state index in [1.54, 1.807) is 18.2 Å². The number of carbonyl (C=O) groups is 1. The number of amides is 1. The summed E-state index contributed by atoms with van der Waals surface area (Å²) < 4.78 is 0. The maximum Gasteiger partial charge on any atom is 0.272 e. The smallest absolute Gasteiger partial charge is 0.272 e. The maximum absolute atomic E-state index is 11.8. The molecule has 1 aliphatic rings. The van der Waals surface area contributed by atoms with Gasteiger partial charge in [0.15, 0.2) is 0 Å². The molecule has 0 aliphatic heterocycles. The Morgan fingerprint density at radius 2 is 1.95 bits per heavy atom. The van der Waals surface area contributed by atoms with Gasteiger partial charge in [0, 0.05) is 6.04 Å². The zero-order chi connectivity index (χ0) is 14.1. The number of aromatic amines is 2. The molecule has 0 unspecified atom stereocenters. The molecule has 0 bridgehead atoms. The van der Waals surface area contributed by atoms with E-state index >= 15 is 0 Å². The third-order valence-corrected chi connectivity index (χ3v) is 3.23. The van der Waals surface area contributed by atoms with Gasteiger partial charge in [-0.3, -0.25) is 24.6 Å². The number of hydrogen-bond donors (Lipinski definition) is 4. The summed E-state index contributed by atoms with van der Waals surface area (Å²) in [5, 5.41) is 10.7. The molecule has 0 saturated heterocycles. The van der Waals surface area contributed by atoms with Crippen molar-refractivity contribution in [2.45, 2.75) is 18.9 Å². The van der Waals surface area contributed by atoms with Crippen molar-refractivity contribution in [2.75, 3.05) is 11.9 Å². The van der Waals surface area contributed by atoms with Crippen LogP contribution in [0.4, 0.5) is 5.69 Å². The molecule has 1 aromatic heterocycles. The molecule has 0 radical (unpaired) electrons. The van der Waals surface area contributed by atoms with Crippen LogP contribution in [-0.4, -0.2) is 28.7 Å². The minimum atomic E-state index is -0.439. The molecule has 1 saturated carbocycles. The Morgan fingerprint density at radius 1 is 1.20 bits per heavy atom. The Morgan fingerprint density at radius 3 is 2.70 bits per heavy atom. The maximum atomic E-state index is 11.8. The summed E-state index contributed by atoms with van der Waals surface area (Å²) in [4.78, 5) is 35.3. The van der Waals surface area contributed by atoms with Gasteiger partial charge < -0.3 is 10.6 Å². The largest absolute Gasteiger partial charge is 0.324 e. The van der Waals surface area contributed by atoms with E-state index in [4.69, 9.17) is 0 Å². The Hall–Kier alpha value is -2.41. The van der Waals surface area contributed by atoms with E-state index < -0.39 is 11.1 Å². The summed E-state index contributed by atoms with van der Waals surface area (Å²) in [5.41, 5.74) is -0.491. The van der Waals surface area contributed by atoms with Crippen molar-refractivity contribution in [1.29, 1.82) is 0 Å². The normalized spacial score (nSPS) is 14.4. The van der Waals surface area contributed by atoms with Gasteiger partial charge in [-0.25, -0.2) is 0 Å². The number of carbonyl (C=O) groups excluding carboxylic acids is 1. The highest BCUT2D eigenvalue weighted by Gasteiger charge is 2.21. The molecule has 2 aromatic rings. The minimum Gasteiger partial charge on any atom is -0.324 e. The van der Waals surface area contributed by atoms with Gasteiger partial charge in [0.25, 0.3) is 11.1 Å². The molecular weight excluding hydrogens is 260 g/mol. The highest BCUT2D eigenvalue weighted by molar-refractivity contribution is 6.02. The van der Waals surface area contributed by atoms with Crippen LogP contribution in [0, 0.1) is 0 Å². The summed E-state index contributed by atoms with van der Waals surface area (Å²) in [7, 11) is 0. The van der Waals surface area contributed by atoms with Gasteiger partial charge in [0.2, 0.25) is 5.91 Å². The van der Waals surface area contributed by atoms with Crippen molar-refractivity contribution >= 4 is 22.4 Å². The highest BCUT2D eigenvalue weighted by atomic mass is 16.2. The zero-order valence-corrected chi connectivity index (χ0v) is 10.7. The summed E-state index contributed by atoms with van der Waals surface area (Å²) in [6, 6.07) is 5.20. The SMILES string of the molecule is O=C(CNC1CC1)Nc1cccc2c(=O)[nH][nH]c(=O)c12. The van der Waals surface area contributed by atoms with Crippen LogP contribution >= 0.6 is 0 Å². The minimum absolute atomic E-state index is 0.191. The predicted molar refractivity (Wildman–Crippen MR) is 74.8 cm³/mol. The average Bonchev–Trinajstić information content (AvgIpc) is 3.25. The quantitative estimate of drug-likeness (QED) is 0.625. The number of benzene rings is 1. The predicted octanol–water partition coefficient (Wildman–Crippen LogP) is -0.0931. The molecule has 1 amide bonds. The van der Waals surface area contributed by atoms with Crippen molar-refractivity contribution in [3.05, 3.63) is 38.9 Å². The van der Waals surface area contributed by atoms with Crippen molar-refractivity contribution in [1.82, 2.24) is 15.5 Å². The number of aromatic nitrogens is 2. The summed E-state index contributed by atoms with van der Waals surface area (Å²) in [5.74, 6) is -0.232. The first-order chi connectivity index (χ1) is 9.65. The molecule has 0 atom stereocenters. The second-order valence-corrected chi connectivity index (χ2v) is 4.84. The third-order valence-electron chi connectivity index (χ3n) is 3.23. The second kappa shape index (κ2) is 4.93. The number of hydrogen-bond acceptors (Lipinski definition) is 4. The molecule has 7 heteroatoms. The number of fused-ring (bicyclic) bond motifs is 1. The van der Waals surface area contributed by atoms with Crippen molar-refractivity contribution in [3.63, 3.8) is 0 Å². The Balaban J connectivity index is 1.90. The molecule has 7 nitrogen and oxygen atoms in total. The first kappa shape index (κ1) is 12.6. The van der Waals surface area contributed by atoms with Gasteiger partial charge in [0.05, 0.1) is 23.0 Å². The molecule has 1 fully saturated rings. The van der Waals surface area contributed by atoms with Crippen molar-refractivity contribution < 1.29 is 4.79 Å². The number of H-pyrrole nitrogens is 2. The van der Waals surface area contributed by atoms with E-state index in [0.29, 0.717) is 11.7 Å². The molecule has 1 aliphatic carbocycles. The van der Waals surface area contributed by atoms with E-state index in [0.717, 1.165) is 12.8 Å². The first-order valence-electron chi connectivity index (χ1n) is 6.42. The summed E-state index contributed by atoms with van der Waals surface area (Å²) in [6.45, 7) is 0.197. The van der Waals surface area contributed by atoms with Gasteiger partial charge in [-0.1, -0.05) is 6.07 Å². The fraction of sp³-hybridized carbons (Fsp3) is 0.308. The molecule has 20 heavy (non-hydrogen) atoms. The van der Waals surface area contributed by atoms with Crippen LogP contribution in [0.1, 0.15) is 12.8 Å². The first-order valence-corrected chi connectivity index (χ1v) is 6.42. The lowest BCUT2D eigenvalue weighted by Gasteiger charge is -2.08. The van der Waals surface area contributed by atoms with Gasteiger partial charge in [0.1, 0.15) is 0 Å². The van der Waals surface area contributed by atoms with Gasteiger partial charge in [-0.2, -0.15) is 0 Å². The number of nitrogens with one attached hydrogen (secondary N) is 4. The monoisotopic (exact) mass is 274 g/mol. The summed E-state index contributed by atoms with van der Waals surface area (Å²) in [6.07, 6.45) is 2.19. The van der Waals surface area contributed by atoms with E-state index in [9.17, 15) is 14.4 Å². The topological polar surface area (TPSA) is 107 Å². The van der Waals surface area contributed by atoms with Gasteiger partial charge >= 0.3 is 0 Å². The van der Waals surface area contributed by atoms with Crippen LogP contribution < -0.4 is 21.8 Å². The fourth-order valence-corrected chi connectivity index (χ4v) is 2.05. The lowest BCUT2D eigenvalue weighted by Crippen LogP contribution is -2.30. The lowest BCUT2D eigenvalue weighted by atomic mass is 10.1. The van der Waals surface area contributed by atoms with Crippen molar-refractivity contribution in [3.8, 4) is 0 Å². The molecular formula is C13H14N4O3. The van der Waals surface area contributed by atoms with Crippen LogP contribution in [0.3, 0.4) is 0 Å². The van der Waals surface area contributed by atoms with Crippen LogP contribution in [-0.2, 0) is 4.79 Å². The molecule has 0 spiro atoms. The second-order valence-electron chi connectivity index (χ2n) is 4.84. The van der Waals surface area contributed by atoms with E-state index in [-0.39, 0.29) is 23.2 Å².